The van der Waals surface area contributed by atoms with Gasteiger partial charge in [-0.3, -0.25) is 19.3 Å². The molecule has 0 aromatic heterocycles. The number of benzene rings is 2. The van der Waals surface area contributed by atoms with Gasteiger partial charge in [-0.2, -0.15) is 0 Å². The van der Waals surface area contributed by atoms with Crippen LogP contribution >= 0.6 is 0 Å². The Balaban J connectivity index is 1.80. The molecule has 2 aromatic rings. The SMILES string of the molecule is CCN(CC(=O)NCc1ccccc1F)CC(=O)Nc1ccc(NC(C)=O)cc1. The first kappa shape index (κ1) is 22.0. The first-order valence-corrected chi connectivity index (χ1v) is 9.27. The van der Waals surface area contributed by atoms with Crippen LogP contribution < -0.4 is 16.0 Å². The van der Waals surface area contributed by atoms with Crippen LogP contribution in [-0.4, -0.2) is 42.3 Å². The van der Waals surface area contributed by atoms with Crippen LogP contribution in [0.4, 0.5) is 15.8 Å². The molecule has 29 heavy (non-hydrogen) atoms. The van der Waals surface area contributed by atoms with Crippen molar-refractivity contribution in [2.24, 2.45) is 0 Å². The number of hydrogen-bond acceptors (Lipinski definition) is 4. The zero-order chi connectivity index (χ0) is 21.2. The summed E-state index contributed by atoms with van der Waals surface area (Å²) in [5, 5.41) is 8.06. The minimum atomic E-state index is -0.371. The lowest BCUT2D eigenvalue weighted by Gasteiger charge is -2.19. The van der Waals surface area contributed by atoms with Crippen molar-refractivity contribution < 1.29 is 18.8 Å². The molecule has 8 heteroatoms. The lowest BCUT2D eigenvalue weighted by atomic mass is 10.2. The number of halogens is 1. The second kappa shape index (κ2) is 10.9. The Kier molecular flexibility index (Phi) is 8.29. The van der Waals surface area contributed by atoms with Gasteiger partial charge in [0, 0.05) is 30.4 Å². The third-order valence-corrected chi connectivity index (χ3v) is 4.10. The number of carbonyl (C=O) groups excluding carboxylic acids is 3. The number of likely N-dealkylation sites (N-methyl/N-ethyl adjacent to an activating group) is 1. The van der Waals surface area contributed by atoms with E-state index < -0.39 is 0 Å². The fourth-order valence-corrected chi connectivity index (χ4v) is 2.62. The Morgan fingerprint density at radius 2 is 1.48 bits per heavy atom. The van der Waals surface area contributed by atoms with Gasteiger partial charge in [-0.1, -0.05) is 25.1 Å². The molecule has 0 unspecified atom stereocenters. The normalized spacial score (nSPS) is 10.5. The molecule has 3 N–H and O–H groups in total. The van der Waals surface area contributed by atoms with Crippen LogP contribution in [0, 0.1) is 5.82 Å². The monoisotopic (exact) mass is 400 g/mol. The van der Waals surface area contributed by atoms with Crippen LogP contribution in [0.25, 0.3) is 0 Å². The summed E-state index contributed by atoms with van der Waals surface area (Å²) in [6.45, 7) is 3.93. The van der Waals surface area contributed by atoms with Crippen LogP contribution in [0.15, 0.2) is 48.5 Å². The summed E-state index contributed by atoms with van der Waals surface area (Å²) in [6, 6.07) is 13.0. The van der Waals surface area contributed by atoms with E-state index in [0.29, 0.717) is 23.5 Å². The summed E-state index contributed by atoms with van der Waals surface area (Å²) in [4.78, 5) is 37.1. The summed E-state index contributed by atoms with van der Waals surface area (Å²) in [6.07, 6.45) is 0. The molecule has 0 saturated heterocycles. The highest BCUT2D eigenvalue weighted by Gasteiger charge is 2.14. The largest absolute Gasteiger partial charge is 0.351 e. The topological polar surface area (TPSA) is 90.5 Å². The van der Waals surface area contributed by atoms with E-state index >= 15 is 0 Å². The zero-order valence-corrected chi connectivity index (χ0v) is 16.5. The molecule has 2 aromatic carbocycles. The molecule has 0 heterocycles. The summed E-state index contributed by atoms with van der Waals surface area (Å²) in [5.74, 6) is -1.10. The molecule has 0 aliphatic heterocycles. The molecular weight excluding hydrogens is 375 g/mol. The lowest BCUT2D eigenvalue weighted by Crippen LogP contribution is -2.40. The van der Waals surface area contributed by atoms with Gasteiger partial charge in [0.1, 0.15) is 5.82 Å². The predicted octanol–water partition coefficient (Wildman–Crippen LogP) is 2.36. The quantitative estimate of drug-likeness (QED) is 0.603. The van der Waals surface area contributed by atoms with Crippen molar-refractivity contribution in [3.63, 3.8) is 0 Å². The van der Waals surface area contributed by atoms with Gasteiger partial charge >= 0.3 is 0 Å². The number of hydrogen-bond donors (Lipinski definition) is 3. The Labute approximate surface area is 169 Å². The molecule has 0 atom stereocenters. The van der Waals surface area contributed by atoms with Crippen LogP contribution in [0.2, 0.25) is 0 Å². The third kappa shape index (κ3) is 7.71. The van der Waals surface area contributed by atoms with E-state index in [9.17, 15) is 18.8 Å². The first-order chi connectivity index (χ1) is 13.9. The summed E-state index contributed by atoms with van der Waals surface area (Å²) >= 11 is 0. The van der Waals surface area contributed by atoms with E-state index in [1.807, 2.05) is 6.92 Å². The summed E-state index contributed by atoms with van der Waals surface area (Å²) < 4.78 is 13.6. The fraction of sp³-hybridized carbons (Fsp3) is 0.286. The third-order valence-electron chi connectivity index (χ3n) is 4.10. The maximum absolute atomic E-state index is 13.6. The molecule has 0 aliphatic carbocycles. The van der Waals surface area contributed by atoms with E-state index in [2.05, 4.69) is 16.0 Å². The first-order valence-electron chi connectivity index (χ1n) is 9.27. The molecule has 0 bridgehead atoms. The van der Waals surface area contributed by atoms with E-state index in [1.165, 1.54) is 13.0 Å². The van der Waals surface area contributed by atoms with Crippen LogP contribution in [0.1, 0.15) is 19.4 Å². The molecule has 0 radical (unpaired) electrons. The fourth-order valence-electron chi connectivity index (χ4n) is 2.62. The Morgan fingerprint density at radius 3 is 2.07 bits per heavy atom. The van der Waals surface area contributed by atoms with Crippen molar-refractivity contribution in [2.75, 3.05) is 30.3 Å². The molecule has 2 rings (SSSR count). The minimum absolute atomic E-state index is 0.0276. The number of nitrogens with zero attached hydrogens (tertiary/aromatic N) is 1. The molecule has 0 fully saturated rings. The predicted molar refractivity (Wildman–Crippen MR) is 110 cm³/mol. The van der Waals surface area contributed by atoms with Crippen LogP contribution in [-0.2, 0) is 20.9 Å². The smallest absolute Gasteiger partial charge is 0.238 e. The van der Waals surface area contributed by atoms with Gasteiger partial charge in [0.2, 0.25) is 17.7 Å². The lowest BCUT2D eigenvalue weighted by molar-refractivity contribution is -0.123. The highest BCUT2D eigenvalue weighted by Crippen LogP contribution is 2.13. The van der Waals surface area contributed by atoms with Gasteiger partial charge in [-0.15, -0.1) is 0 Å². The Hall–Kier alpha value is -3.26. The highest BCUT2D eigenvalue weighted by atomic mass is 19.1. The molecular formula is C21H25FN4O3. The van der Waals surface area contributed by atoms with Gasteiger partial charge in [0.25, 0.3) is 0 Å². The summed E-state index contributed by atoms with van der Waals surface area (Å²) in [5.41, 5.74) is 1.63. The molecule has 154 valence electrons. The van der Waals surface area contributed by atoms with Crippen LogP contribution in [0.5, 0.6) is 0 Å². The number of rotatable bonds is 9. The summed E-state index contributed by atoms with van der Waals surface area (Å²) in [7, 11) is 0. The Morgan fingerprint density at radius 1 is 0.897 bits per heavy atom. The van der Waals surface area contributed by atoms with Gasteiger partial charge in [-0.25, -0.2) is 4.39 Å². The van der Waals surface area contributed by atoms with Crippen molar-refractivity contribution in [3.05, 3.63) is 59.9 Å². The van der Waals surface area contributed by atoms with E-state index in [4.69, 9.17) is 0 Å². The number of carbonyl (C=O) groups is 3. The minimum Gasteiger partial charge on any atom is -0.351 e. The van der Waals surface area contributed by atoms with Crippen molar-refractivity contribution in [1.29, 1.82) is 0 Å². The average molecular weight is 400 g/mol. The molecule has 0 aliphatic rings. The Bertz CT molecular complexity index is 855. The van der Waals surface area contributed by atoms with E-state index in [0.717, 1.165) is 0 Å². The standard InChI is InChI=1S/C21H25FN4O3/c1-3-26(13-20(28)23-12-16-6-4-5-7-19(16)22)14-21(29)25-18-10-8-17(9-11-18)24-15(2)27/h4-11H,3,12-14H2,1-2H3,(H,23,28)(H,24,27)(H,25,29). The molecule has 0 saturated carbocycles. The van der Waals surface area contributed by atoms with Gasteiger partial charge in [0.15, 0.2) is 0 Å². The maximum Gasteiger partial charge on any atom is 0.238 e. The molecule has 3 amide bonds. The number of nitrogens with one attached hydrogen (secondary N) is 3. The number of amides is 3. The second-order valence-corrected chi connectivity index (χ2v) is 6.48. The highest BCUT2D eigenvalue weighted by molar-refractivity contribution is 5.93. The van der Waals surface area contributed by atoms with E-state index in [1.54, 1.807) is 47.4 Å². The number of anilines is 2. The van der Waals surface area contributed by atoms with E-state index in [-0.39, 0.29) is 43.2 Å². The maximum atomic E-state index is 13.6. The molecule has 0 spiro atoms. The zero-order valence-electron chi connectivity index (χ0n) is 16.5. The van der Waals surface area contributed by atoms with Crippen molar-refractivity contribution in [2.45, 2.75) is 20.4 Å². The second-order valence-electron chi connectivity index (χ2n) is 6.48. The average Bonchev–Trinajstić information content (AvgIpc) is 2.68. The van der Waals surface area contributed by atoms with Gasteiger partial charge in [-0.05, 0) is 36.9 Å². The van der Waals surface area contributed by atoms with Crippen LogP contribution in [0.3, 0.4) is 0 Å². The van der Waals surface area contributed by atoms with Gasteiger partial charge < -0.3 is 16.0 Å². The van der Waals surface area contributed by atoms with Gasteiger partial charge in [0.05, 0.1) is 13.1 Å². The van der Waals surface area contributed by atoms with Crippen molar-refractivity contribution >= 4 is 29.1 Å². The molecule has 7 nitrogen and oxygen atoms in total. The van der Waals surface area contributed by atoms with Crippen molar-refractivity contribution in [3.8, 4) is 0 Å². The van der Waals surface area contributed by atoms with Crippen molar-refractivity contribution in [1.82, 2.24) is 10.2 Å².